The standard InChI is InChI=1S/C27H28F2O5/c1-26(20-12-16-11-17(14-20)15-21(26)13-16)34-22-9-7-19(8-10-22)24(30)33-23(27(28,29)25(31)32)18-5-3-2-4-6-18/h2-10,16-17,20-21,23H,11-15H2,1H3,(H,31,32). The Hall–Kier alpha value is -2.96. The molecule has 1 atom stereocenters. The molecule has 0 radical (unpaired) electrons. The van der Waals surface area contributed by atoms with E-state index >= 15 is 0 Å². The van der Waals surface area contributed by atoms with Crippen LogP contribution in [0, 0.1) is 23.7 Å². The van der Waals surface area contributed by atoms with Crippen molar-refractivity contribution in [3.05, 3.63) is 65.7 Å². The highest BCUT2D eigenvalue weighted by atomic mass is 19.3. The van der Waals surface area contributed by atoms with Gasteiger partial charge in [-0.1, -0.05) is 30.3 Å². The number of rotatable bonds is 7. The second kappa shape index (κ2) is 8.36. The molecule has 7 heteroatoms. The van der Waals surface area contributed by atoms with E-state index in [1.807, 2.05) is 0 Å². The number of hydrogen-bond donors (Lipinski definition) is 1. The first-order chi connectivity index (χ1) is 16.2. The van der Waals surface area contributed by atoms with Gasteiger partial charge in [-0.05, 0) is 92.5 Å². The molecule has 0 heterocycles. The highest BCUT2D eigenvalue weighted by Crippen LogP contribution is 2.59. The maximum absolute atomic E-state index is 14.4. The Morgan fingerprint density at radius 1 is 0.941 bits per heavy atom. The number of alkyl halides is 2. The van der Waals surface area contributed by atoms with Gasteiger partial charge in [-0.2, -0.15) is 8.78 Å². The van der Waals surface area contributed by atoms with Gasteiger partial charge in [-0.15, -0.1) is 0 Å². The maximum atomic E-state index is 14.4. The van der Waals surface area contributed by atoms with E-state index < -0.39 is 24.0 Å². The zero-order chi connectivity index (χ0) is 24.1. The van der Waals surface area contributed by atoms with Crippen molar-refractivity contribution >= 4 is 11.9 Å². The molecular formula is C27H28F2O5. The van der Waals surface area contributed by atoms with Crippen molar-refractivity contribution in [1.82, 2.24) is 0 Å². The van der Waals surface area contributed by atoms with E-state index in [0.29, 0.717) is 17.6 Å². The third-order valence-corrected chi connectivity index (χ3v) is 8.13. The van der Waals surface area contributed by atoms with Crippen LogP contribution in [0.4, 0.5) is 8.78 Å². The molecule has 4 aliphatic rings. The van der Waals surface area contributed by atoms with Crippen molar-refractivity contribution in [3.63, 3.8) is 0 Å². The molecule has 0 aliphatic heterocycles. The zero-order valence-corrected chi connectivity index (χ0v) is 19.0. The molecule has 0 aromatic heterocycles. The van der Waals surface area contributed by atoms with E-state index in [-0.39, 0.29) is 16.7 Å². The molecule has 4 fully saturated rings. The number of benzene rings is 2. The summed E-state index contributed by atoms with van der Waals surface area (Å²) in [7, 11) is 0. The van der Waals surface area contributed by atoms with Gasteiger partial charge in [-0.3, -0.25) is 0 Å². The van der Waals surface area contributed by atoms with Gasteiger partial charge in [0.2, 0.25) is 6.10 Å². The van der Waals surface area contributed by atoms with Crippen LogP contribution in [0.25, 0.3) is 0 Å². The Balaban J connectivity index is 1.31. The molecule has 1 unspecified atom stereocenters. The number of hydrogen-bond acceptors (Lipinski definition) is 4. The molecule has 1 N–H and O–H groups in total. The van der Waals surface area contributed by atoms with Gasteiger partial charge in [0, 0.05) is 0 Å². The van der Waals surface area contributed by atoms with Crippen LogP contribution in [-0.4, -0.2) is 28.6 Å². The van der Waals surface area contributed by atoms with Gasteiger partial charge in [0.15, 0.2) is 0 Å². The summed E-state index contributed by atoms with van der Waals surface area (Å²) in [5.41, 5.74) is -0.292. The molecule has 2 aromatic carbocycles. The highest BCUT2D eigenvalue weighted by molar-refractivity contribution is 5.90. The Morgan fingerprint density at radius 2 is 1.50 bits per heavy atom. The molecule has 6 rings (SSSR count). The zero-order valence-electron chi connectivity index (χ0n) is 19.0. The topological polar surface area (TPSA) is 72.8 Å². The number of halogens is 2. The summed E-state index contributed by atoms with van der Waals surface area (Å²) in [6.07, 6.45) is 3.91. The van der Waals surface area contributed by atoms with Gasteiger partial charge in [-0.25, -0.2) is 9.59 Å². The van der Waals surface area contributed by atoms with Crippen molar-refractivity contribution in [2.24, 2.45) is 23.7 Å². The molecule has 4 bridgehead atoms. The average Bonchev–Trinajstić information content (AvgIpc) is 2.81. The van der Waals surface area contributed by atoms with Gasteiger partial charge < -0.3 is 14.6 Å². The van der Waals surface area contributed by atoms with Crippen LogP contribution in [0.3, 0.4) is 0 Å². The fourth-order valence-electron chi connectivity index (χ4n) is 6.47. The SMILES string of the molecule is CC1(Oc2ccc(C(=O)OC(c3ccccc3)C(F)(F)C(=O)O)cc2)C2CC3CC(C2)CC1C3. The van der Waals surface area contributed by atoms with E-state index in [1.165, 1.54) is 68.5 Å². The lowest BCUT2D eigenvalue weighted by Crippen LogP contribution is -2.59. The predicted octanol–water partition coefficient (Wildman–Crippen LogP) is 5.90. The summed E-state index contributed by atoms with van der Waals surface area (Å²) in [6.45, 7) is 2.20. The van der Waals surface area contributed by atoms with E-state index in [4.69, 9.17) is 14.6 Å². The molecular weight excluding hydrogens is 442 g/mol. The average molecular weight is 471 g/mol. The Kier molecular flexibility index (Phi) is 5.61. The number of ether oxygens (including phenoxy) is 2. The summed E-state index contributed by atoms with van der Waals surface area (Å²) >= 11 is 0. The number of carboxylic acids is 1. The Morgan fingerprint density at radius 3 is 2.03 bits per heavy atom. The second-order valence-corrected chi connectivity index (χ2v) is 10.2. The van der Waals surface area contributed by atoms with Gasteiger partial charge in [0.05, 0.1) is 5.56 Å². The fourth-order valence-corrected chi connectivity index (χ4v) is 6.47. The van der Waals surface area contributed by atoms with Gasteiger partial charge in [0.1, 0.15) is 11.4 Å². The van der Waals surface area contributed by atoms with E-state index in [9.17, 15) is 18.4 Å². The van der Waals surface area contributed by atoms with Crippen LogP contribution in [0.5, 0.6) is 5.75 Å². The van der Waals surface area contributed by atoms with Crippen molar-refractivity contribution in [1.29, 1.82) is 0 Å². The van der Waals surface area contributed by atoms with Crippen molar-refractivity contribution < 1.29 is 33.0 Å². The molecule has 2 aromatic rings. The van der Waals surface area contributed by atoms with Crippen LogP contribution in [0.15, 0.2) is 54.6 Å². The first-order valence-corrected chi connectivity index (χ1v) is 11.8. The van der Waals surface area contributed by atoms with E-state index in [1.54, 1.807) is 18.2 Å². The minimum Gasteiger partial charge on any atom is -0.487 e. The molecule has 0 saturated heterocycles. The van der Waals surface area contributed by atoms with Crippen molar-refractivity contribution in [2.75, 3.05) is 0 Å². The smallest absolute Gasteiger partial charge is 0.382 e. The fraction of sp³-hybridized carbons (Fsp3) is 0.481. The minimum atomic E-state index is -4.28. The largest absolute Gasteiger partial charge is 0.487 e. The molecule has 0 amide bonds. The minimum absolute atomic E-state index is 0.0460. The third-order valence-electron chi connectivity index (χ3n) is 8.13. The first kappa shape index (κ1) is 22.8. The van der Waals surface area contributed by atoms with Crippen LogP contribution in [0.2, 0.25) is 0 Å². The molecule has 0 spiro atoms. The molecule has 34 heavy (non-hydrogen) atoms. The normalized spacial score (nSPS) is 30.6. The van der Waals surface area contributed by atoms with Crippen LogP contribution in [-0.2, 0) is 9.53 Å². The number of aliphatic carboxylic acids is 1. The summed E-state index contributed by atoms with van der Waals surface area (Å²) in [4.78, 5) is 23.8. The number of carbonyl (C=O) groups is 2. The first-order valence-electron chi connectivity index (χ1n) is 11.8. The number of carbonyl (C=O) groups excluding carboxylic acids is 1. The Labute approximate surface area is 197 Å². The van der Waals surface area contributed by atoms with Crippen LogP contribution in [0.1, 0.15) is 61.1 Å². The van der Waals surface area contributed by atoms with E-state index in [2.05, 4.69) is 6.92 Å². The van der Waals surface area contributed by atoms with E-state index in [0.717, 1.165) is 11.8 Å². The molecule has 180 valence electrons. The maximum Gasteiger partial charge on any atom is 0.382 e. The van der Waals surface area contributed by atoms with Crippen molar-refractivity contribution in [2.45, 2.75) is 56.7 Å². The summed E-state index contributed by atoms with van der Waals surface area (Å²) in [5, 5.41) is 9.00. The Bertz CT molecular complexity index is 1040. The quantitative estimate of drug-likeness (QED) is 0.510. The monoisotopic (exact) mass is 470 g/mol. The lowest BCUT2D eigenvalue weighted by atomic mass is 9.50. The number of carboxylic acid groups (broad SMARTS) is 1. The molecule has 4 aliphatic carbocycles. The van der Waals surface area contributed by atoms with Crippen LogP contribution < -0.4 is 4.74 Å². The number of esters is 1. The molecule has 5 nitrogen and oxygen atoms in total. The van der Waals surface area contributed by atoms with Gasteiger partial charge in [0.25, 0.3) is 0 Å². The van der Waals surface area contributed by atoms with Gasteiger partial charge >= 0.3 is 17.9 Å². The second-order valence-electron chi connectivity index (χ2n) is 10.2. The summed E-state index contributed by atoms with van der Waals surface area (Å²) < 4.78 is 40.3. The summed E-state index contributed by atoms with van der Waals surface area (Å²) in [6, 6.07) is 13.4. The highest BCUT2D eigenvalue weighted by Gasteiger charge is 2.56. The third kappa shape index (κ3) is 3.95. The lowest BCUT2D eigenvalue weighted by Gasteiger charge is -2.59. The molecule has 4 saturated carbocycles. The van der Waals surface area contributed by atoms with Crippen LogP contribution >= 0.6 is 0 Å². The van der Waals surface area contributed by atoms with Crippen molar-refractivity contribution in [3.8, 4) is 5.75 Å². The lowest BCUT2D eigenvalue weighted by molar-refractivity contribution is -0.183. The summed E-state index contributed by atoms with van der Waals surface area (Å²) in [5.74, 6) is -4.35. The predicted molar refractivity (Wildman–Crippen MR) is 120 cm³/mol.